The van der Waals surface area contributed by atoms with Crippen molar-refractivity contribution in [2.75, 3.05) is 0 Å². The summed E-state index contributed by atoms with van der Waals surface area (Å²) in [5, 5.41) is 2.12. The monoisotopic (exact) mass is 790 g/mol. The van der Waals surface area contributed by atoms with Gasteiger partial charge in [-0.25, -0.2) is 19.9 Å². The third kappa shape index (κ3) is 7.20. The molecule has 0 fully saturated rings. The first kappa shape index (κ1) is 36.7. The Hall–Kier alpha value is -8.34. The van der Waals surface area contributed by atoms with Crippen LogP contribution < -0.4 is 0 Å². The summed E-state index contributed by atoms with van der Waals surface area (Å²) in [7, 11) is 0. The second-order valence-electron chi connectivity index (χ2n) is 15.5. The first-order valence-electron chi connectivity index (χ1n) is 20.9. The van der Waals surface area contributed by atoms with E-state index >= 15 is 0 Å². The molecule has 0 saturated heterocycles. The van der Waals surface area contributed by atoms with Crippen molar-refractivity contribution in [1.82, 2.24) is 19.9 Å². The molecule has 0 unspecified atom stereocenters. The summed E-state index contributed by atoms with van der Waals surface area (Å²) in [6.07, 6.45) is 0. The van der Waals surface area contributed by atoms with Crippen molar-refractivity contribution in [2.24, 2.45) is 0 Å². The van der Waals surface area contributed by atoms with Crippen LogP contribution in [0, 0.1) is 0 Å². The van der Waals surface area contributed by atoms with Gasteiger partial charge >= 0.3 is 0 Å². The molecule has 3 aromatic heterocycles. The van der Waals surface area contributed by atoms with E-state index in [1.165, 1.54) is 11.1 Å². The highest BCUT2D eigenvalue weighted by Crippen LogP contribution is 2.37. The largest absolute Gasteiger partial charge is 0.245 e. The standard InChI is InChI=1S/C58H38N4/c1-5-15-39(16-6-1)40-27-29-43(30-28-40)54-38-55(62-58(61-54)45-21-11-4-12-22-45)49-26-14-24-47(36-49)46-23-13-25-48(35-46)52-34-32-44-31-33-50-51(41-17-7-2-8-18-41)37-53(42-19-9-3-10-20-42)60-57(50)56(44)59-52/h1-38H. The van der Waals surface area contributed by atoms with Crippen LogP contribution in [0.2, 0.25) is 0 Å². The van der Waals surface area contributed by atoms with E-state index in [4.69, 9.17) is 19.9 Å². The average Bonchev–Trinajstić information content (AvgIpc) is 3.37. The van der Waals surface area contributed by atoms with Crippen molar-refractivity contribution < 1.29 is 0 Å². The van der Waals surface area contributed by atoms with Crippen LogP contribution in [-0.2, 0) is 0 Å². The zero-order valence-electron chi connectivity index (χ0n) is 33.7. The quantitative estimate of drug-likeness (QED) is 0.144. The van der Waals surface area contributed by atoms with Crippen molar-refractivity contribution >= 4 is 21.8 Å². The third-order valence-corrected chi connectivity index (χ3v) is 11.5. The first-order valence-corrected chi connectivity index (χ1v) is 20.9. The zero-order valence-corrected chi connectivity index (χ0v) is 33.7. The van der Waals surface area contributed by atoms with Crippen LogP contribution in [-0.4, -0.2) is 19.9 Å². The Morgan fingerprint density at radius 2 is 0.661 bits per heavy atom. The Bertz CT molecular complexity index is 3370. The van der Waals surface area contributed by atoms with Gasteiger partial charge in [0.2, 0.25) is 0 Å². The van der Waals surface area contributed by atoms with Crippen molar-refractivity contribution in [1.29, 1.82) is 0 Å². The summed E-state index contributed by atoms with van der Waals surface area (Å²) in [6.45, 7) is 0. The van der Waals surface area contributed by atoms with Crippen LogP contribution in [0.1, 0.15) is 0 Å². The molecule has 11 rings (SSSR count). The number of pyridine rings is 2. The summed E-state index contributed by atoms with van der Waals surface area (Å²) >= 11 is 0. The summed E-state index contributed by atoms with van der Waals surface area (Å²) in [4.78, 5) is 20.9. The Balaban J connectivity index is 0.981. The normalized spacial score (nSPS) is 11.2. The summed E-state index contributed by atoms with van der Waals surface area (Å²) < 4.78 is 0. The molecule has 0 bridgehead atoms. The summed E-state index contributed by atoms with van der Waals surface area (Å²) in [5.41, 5.74) is 17.3. The van der Waals surface area contributed by atoms with E-state index in [0.717, 1.165) is 94.7 Å². The number of hydrogen-bond donors (Lipinski definition) is 0. The van der Waals surface area contributed by atoms with Gasteiger partial charge in [0, 0.05) is 38.6 Å². The van der Waals surface area contributed by atoms with Crippen LogP contribution in [0.5, 0.6) is 0 Å². The Morgan fingerprint density at radius 3 is 1.31 bits per heavy atom. The molecule has 0 amide bonds. The summed E-state index contributed by atoms with van der Waals surface area (Å²) in [5.74, 6) is 0.689. The highest BCUT2D eigenvalue weighted by Gasteiger charge is 2.16. The lowest BCUT2D eigenvalue weighted by molar-refractivity contribution is 1.18. The molecule has 4 heteroatoms. The molecule has 0 aliphatic rings. The molecule has 11 aromatic rings. The fraction of sp³-hybridized carbons (Fsp3) is 0. The topological polar surface area (TPSA) is 51.6 Å². The molecule has 0 aliphatic heterocycles. The lowest BCUT2D eigenvalue weighted by Gasteiger charge is -2.13. The second-order valence-corrected chi connectivity index (χ2v) is 15.5. The smallest absolute Gasteiger partial charge is 0.160 e. The molecule has 0 spiro atoms. The van der Waals surface area contributed by atoms with E-state index in [1.54, 1.807) is 0 Å². The molecule has 0 radical (unpaired) electrons. The Morgan fingerprint density at radius 1 is 0.226 bits per heavy atom. The van der Waals surface area contributed by atoms with Gasteiger partial charge in [0.05, 0.1) is 33.8 Å². The lowest BCUT2D eigenvalue weighted by Crippen LogP contribution is -1.96. The van der Waals surface area contributed by atoms with Crippen LogP contribution in [0.4, 0.5) is 0 Å². The van der Waals surface area contributed by atoms with E-state index in [-0.39, 0.29) is 0 Å². The van der Waals surface area contributed by atoms with Gasteiger partial charge in [-0.05, 0) is 63.7 Å². The molecular weight excluding hydrogens is 753 g/mol. The van der Waals surface area contributed by atoms with Gasteiger partial charge in [-0.3, -0.25) is 0 Å². The number of fused-ring (bicyclic) bond motifs is 3. The third-order valence-electron chi connectivity index (χ3n) is 11.5. The lowest BCUT2D eigenvalue weighted by atomic mass is 9.96. The molecule has 0 saturated carbocycles. The molecule has 4 nitrogen and oxygen atoms in total. The van der Waals surface area contributed by atoms with Crippen molar-refractivity contribution in [3.8, 4) is 89.8 Å². The van der Waals surface area contributed by atoms with Gasteiger partial charge in [-0.2, -0.15) is 0 Å². The van der Waals surface area contributed by atoms with Crippen LogP contribution in [0.3, 0.4) is 0 Å². The van der Waals surface area contributed by atoms with Gasteiger partial charge in [0.25, 0.3) is 0 Å². The van der Waals surface area contributed by atoms with Crippen molar-refractivity contribution in [3.05, 3.63) is 231 Å². The molecule has 0 aliphatic carbocycles. The van der Waals surface area contributed by atoms with E-state index in [2.05, 4.69) is 200 Å². The van der Waals surface area contributed by atoms with E-state index in [0.29, 0.717) is 5.82 Å². The minimum Gasteiger partial charge on any atom is -0.245 e. The van der Waals surface area contributed by atoms with Crippen LogP contribution in [0.25, 0.3) is 112 Å². The second kappa shape index (κ2) is 16.0. The Kier molecular flexibility index (Phi) is 9.49. The highest BCUT2D eigenvalue weighted by atomic mass is 14.9. The van der Waals surface area contributed by atoms with Crippen molar-refractivity contribution in [3.63, 3.8) is 0 Å². The maximum Gasteiger partial charge on any atom is 0.160 e. The maximum atomic E-state index is 5.36. The molecule has 3 heterocycles. The van der Waals surface area contributed by atoms with Crippen LogP contribution >= 0.6 is 0 Å². The minimum atomic E-state index is 0.689. The molecule has 8 aromatic carbocycles. The van der Waals surface area contributed by atoms with Crippen LogP contribution in [0.15, 0.2) is 231 Å². The molecule has 0 atom stereocenters. The number of benzene rings is 8. The highest BCUT2D eigenvalue weighted by molar-refractivity contribution is 6.09. The maximum absolute atomic E-state index is 5.36. The number of rotatable bonds is 8. The summed E-state index contributed by atoms with van der Waals surface area (Å²) in [6, 6.07) is 80.4. The van der Waals surface area contributed by atoms with E-state index < -0.39 is 0 Å². The predicted molar refractivity (Wildman–Crippen MR) is 256 cm³/mol. The average molecular weight is 791 g/mol. The predicted octanol–water partition coefficient (Wildman–Crippen LogP) is 14.9. The van der Waals surface area contributed by atoms with Gasteiger partial charge in [0.15, 0.2) is 5.82 Å². The minimum absolute atomic E-state index is 0.689. The van der Waals surface area contributed by atoms with Gasteiger partial charge < -0.3 is 0 Å². The van der Waals surface area contributed by atoms with E-state index in [9.17, 15) is 0 Å². The molecule has 62 heavy (non-hydrogen) atoms. The van der Waals surface area contributed by atoms with E-state index in [1.807, 2.05) is 30.3 Å². The van der Waals surface area contributed by atoms with Gasteiger partial charge in [-0.1, -0.05) is 200 Å². The zero-order chi connectivity index (χ0) is 41.2. The number of hydrogen-bond acceptors (Lipinski definition) is 4. The fourth-order valence-electron chi connectivity index (χ4n) is 8.29. The molecule has 0 N–H and O–H groups in total. The van der Waals surface area contributed by atoms with Crippen molar-refractivity contribution in [2.45, 2.75) is 0 Å². The number of aromatic nitrogens is 4. The number of nitrogens with zero attached hydrogens (tertiary/aromatic N) is 4. The van der Waals surface area contributed by atoms with Gasteiger partial charge in [0.1, 0.15) is 0 Å². The Labute approximate surface area is 360 Å². The fourth-order valence-corrected chi connectivity index (χ4v) is 8.29. The first-order chi connectivity index (χ1) is 30.7. The SMILES string of the molecule is c1ccc(-c2ccc(-c3cc(-c4cccc(-c5cccc(-c6ccc7ccc8c(-c9ccccc9)cc(-c9ccccc9)nc8c7n6)c5)c4)nc(-c4ccccc4)n3)cc2)cc1. The van der Waals surface area contributed by atoms with Gasteiger partial charge in [-0.15, -0.1) is 0 Å². The molecular formula is C58H38N4. The molecule has 290 valence electrons.